The van der Waals surface area contributed by atoms with Gasteiger partial charge >= 0.3 is 0 Å². The van der Waals surface area contributed by atoms with E-state index in [1.54, 1.807) is 25.1 Å². The maximum absolute atomic E-state index is 12.7. The lowest BCUT2D eigenvalue weighted by Gasteiger charge is -2.24. The van der Waals surface area contributed by atoms with Crippen molar-refractivity contribution in [3.05, 3.63) is 71.4 Å². The lowest BCUT2D eigenvalue weighted by Crippen LogP contribution is -2.38. The summed E-state index contributed by atoms with van der Waals surface area (Å²) in [5.41, 5.74) is 3.10. The quantitative estimate of drug-likeness (QED) is 0.341. The highest BCUT2D eigenvalue weighted by molar-refractivity contribution is 5.94. The third-order valence-electron chi connectivity index (χ3n) is 5.94. The maximum atomic E-state index is 12.7. The predicted molar refractivity (Wildman–Crippen MR) is 127 cm³/mol. The highest BCUT2D eigenvalue weighted by atomic mass is 16.3. The molecule has 4 atom stereocenters. The fraction of sp³-hybridized carbons (Fsp3) is 0.346. The van der Waals surface area contributed by atoms with Gasteiger partial charge in [-0.3, -0.25) is 9.69 Å². The van der Waals surface area contributed by atoms with Crippen LogP contribution in [0.15, 0.2) is 54.7 Å². The molecule has 1 aromatic heterocycles. The second-order valence-corrected chi connectivity index (χ2v) is 8.28. The molecule has 1 amide bonds. The van der Waals surface area contributed by atoms with Crippen LogP contribution in [-0.2, 0) is 0 Å². The second kappa shape index (κ2) is 10.5. The van der Waals surface area contributed by atoms with E-state index in [9.17, 15) is 15.0 Å². The number of aliphatic hydroxyl groups is 2. The van der Waals surface area contributed by atoms with Gasteiger partial charge in [-0.2, -0.15) is 0 Å². The number of benzene rings is 2. The minimum atomic E-state index is -1.04. The van der Waals surface area contributed by atoms with E-state index in [0.29, 0.717) is 12.1 Å². The fourth-order valence-corrected chi connectivity index (χ4v) is 3.50. The molecule has 0 bridgehead atoms. The number of aromatic amines is 1. The van der Waals surface area contributed by atoms with Gasteiger partial charge in [-0.25, -0.2) is 0 Å². The Hall–Kier alpha value is -3.11. The zero-order chi connectivity index (χ0) is 23.3. The molecule has 0 spiro atoms. The number of rotatable bonds is 7. The predicted octanol–water partition coefficient (Wildman–Crippen LogP) is 3.07. The molecule has 3 rings (SSSR count). The van der Waals surface area contributed by atoms with Crippen LogP contribution >= 0.6 is 0 Å². The molecule has 3 aromatic rings. The third-order valence-corrected chi connectivity index (χ3v) is 5.94. The molecule has 6 nitrogen and oxygen atoms in total. The Morgan fingerprint density at radius 3 is 2.62 bits per heavy atom. The molecule has 6 heteroatoms. The largest absolute Gasteiger partial charge is 0.392 e. The van der Waals surface area contributed by atoms with Crippen molar-refractivity contribution in [3.8, 4) is 11.8 Å². The van der Waals surface area contributed by atoms with Crippen LogP contribution in [-0.4, -0.2) is 58.0 Å². The van der Waals surface area contributed by atoms with E-state index in [1.165, 1.54) is 0 Å². The molecule has 0 saturated carbocycles. The standard InChI is InChI=1S/C26H31N3O3/c1-17(23-16-27-24-13-6-5-12-22(23)24)25(31)28-26(32)21-11-7-9-20(15-21)10-8-14-29(4)18(2)19(3)30/h5-7,9,11-13,15-19,25,27,30-31H,14H2,1-4H3,(H,28,32)/t17-,18-,19-,25?/m1/s1. The molecule has 0 radical (unpaired) electrons. The van der Waals surface area contributed by atoms with Gasteiger partial charge in [0.25, 0.3) is 5.91 Å². The first-order valence-electron chi connectivity index (χ1n) is 10.8. The Kier molecular flexibility index (Phi) is 7.70. The van der Waals surface area contributed by atoms with Gasteiger partial charge in [-0.1, -0.05) is 43.0 Å². The first kappa shape index (κ1) is 23.6. The van der Waals surface area contributed by atoms with Crippen LogP contribution in [0.3, 0.4) is 0 Å². The number of fused-ring (bicyclic) bond motifs is 1. The summed E-state index contributed by atoms with van der Waals surface area (Å²) in [6.07, 6.45) is 0.398. The van der Waals surface area contributed by atoms with Crippen LogP contribution in [0.25, 0.3) is 10.9 Å². The van der Waals surface area contributed by atoms with Gasteiger partial charge in [0, 0.05) is 40.2 Å². The van der Waals surface area contributed by atoms with Crippen molar-refractivity contribution in [2.45, 2.75) is 45.1 Å². The molecule has 32 heavy (non-hydrogen) atoms. The van der Waals surface area contributed by atoms with Crippen LogP contribution in [0.5, 0.6) is 0 Å². The Balaban J connectivity index is 1.65. The summed E-state index contributed by atoms with van der Waals surface area (Å²) in [5, 5.41) is 24.0. The van der Waals surface area contributed by atoms with E-state index in [4.69, 9.17) is 0 Å². The number of hydrogen-bond donors (Lipinski definition) is 4. The topological polar surface area (TPSA) is 88.6 Å². The monoisotopic (exact) mass is 433 g/mol. The van der Waals surface area contributed by atoms with E-state index in [2.05, 4.69) is 22.1 Å². The minimum absolute atomic E-state index is 0.00189. The first-order chi connectivity index (χ1) is 15.3. The summed E-state index contributed by atoms with van der Waals surface area (Å²) >= 11 is 0. The van der Waals surface area contributed by atoms with Crippen molar-refractivity contribution in [1.82, 2.24) is 15.2 Å². The van der Waals surface area contributed by atoms with Gasteiger partial charge in [0.1, 0.15) is 6.23 Å². The molecule has 0 aliphatic rings. The molecule has 0 aliphatic heterocycles. The SMILES string of the molecule is C[C@H](c1c[nH]c2ccccc12)C(O)NC(=O)c1cccc(C#CCN(C)[C@H](C)[C@@H](C)O)c1. The zero-order valence-corrected chi connectivity index (χ0v) is 19.0. The van der Waals surface area contributed by atoms with Gasteiger partial charge < -0.3 is 20.5 Å². The van der Waals surface area contributed by atoms with Crippen molar-refractivity contribution in [2.75, 3.05) is 13.6 Å². The van der Waals surface area contributed by atoms with E-state index in [-0.39, 0.29) is 17.9 Å². The molecule has 0 aliphatic carbocycles. The van der Waals surface area contributed by atoms with Crippen LogP contribution in [0, 0.1) is 11.8 Å². The fourth-order valence-electron chi connectivity index (χ4n) is 3.50. The van der Waals surface area contributed by atoms with Gasteiger partial charge in [-0.15, -0.1) is 0 Å². The summed E-state index contributed by atoms with van der Waals surface area (Å²) < 4.78 is 0. The number of nitrogens with one attached hydrogen (secondary N) is 2. The summed E-state index contributed by atoms with van der Waals surface area (Å²) in [6, 6.07) is 14.9. The summed E-state index contributed by atoms with van der Waals surface area (Å²) in [5.74, 6) is 5.50. The maximum Gasteiger partial charge on any atom is 0.253 e. The number of nitrogens with zero attached hydrogens (tertiary/aromatic N) is 1. The van der Waals surface area contributed by atoms with Crippen LogP contribution in [0.2, 0.25) is 0 Å². The number of para-hydroxylation sites is 1. The van der Waals surface area contributed by atoms with Crippen LogP contribution in [0.4, 0.5) is 0 Å². The molecule has 168 valence electrons. The first-order valence-corrected chi connectivity index (χ1v) is 10.8. The minimum Gasteiger partial charge on any atom is -0.392 e. The van der Waals surface area contributed by atoms with Gasteiger partial charge in [0.05, 0.1) is 12.6 Å². The van der Waals surface area contributed by atoms with Crippen molar-refractivity contribution in [1.29, 1.82) is 0 Å². The van der Waals surface area contributed by atoms with Crippen molar-refractivity contribution in [2.24, 2.45) is 0 Å². The van der Waals surface area contributed by atoms with Crippen LogP contribution < -0.4 is 5.32 Å². The number of H-pyrrole nitrogens is 1. The lowest BCUT2D eigenvalue weighted by molar-refractivity contribution is 0.0728. The summed E-state index contributed by atoms with van der Waals surface area (Å²) in [6.45, 7) is 6.08. The van der Waals surface area contributed by atoms with Crippen molar-refractivity contribution >= 4 is 16.8 Å². The van der Waals surface area contributed by atoms with E-state index in [0.717, 1.165) is 22.0 Å². The number of aromatic nitrogens is 1. The smallest absolute Gasteiger partial charge is 0.253 e. The van der Waals surface area contributed by atoms with E-state index in [1.807, 2.05) is 62.3 Å². The number of carbonyl (C=O) groups excluding carboxylic acids is 1. The molecular formula is C26H31N3O3. The Morgan fingerprint density at radius 1 is 1.12 bits per heavy atom. The normalized spacial score (nSPS) is 15.0. The number of carbonyl (C=O) groups is 1. The number of amides is 1. The van der Waals surface area contributed by atoms with Gasteiger partial charge in [0.15, 0.2) is 0 Å². The third kappa shape index (κ3) is 5.57. The highest BCUT2D eigenvalue weighted by Gasteiger charge is 2.21. The number of likely N-dealkylation sites (N-methyl/N-ethyl adjacent to an activating group) is 1. The van der Waals surface area contributed by atoms with E-state index < -0.39 is 12.3 Å². The van der Waals surface area contributed by atoms with Crippen molar-refractivity contribution < 1.29 is 15.0 Å². The van der Waals surface area contributed by atoms with Crippen LogP contribution in [0.1, 0.15) is 48.2 Å². The van der Waals surface area contributed by atoms with Gasteiger partial charge in [-0.05, 0) is 50.7 Å². The molecule has 1 unspecified atom stereocenters. The summed E-state index contributed by atoms with van der Waals surface area (Å²) in [4.78, 5) is 17.9. The molecule has 0 saturated heterocycles. The summed E-state index contributed by atoms with van der Waals surface area (Å²) in [7, 11) is 1.91. The Labute approximate surface area is 189 Å². The highest BCUT2D eigenvalue weighted by Crippen LogP contribution is 2.27. The van der Waals surface area contributed by atoms with E-state index >= 15 is 0 Å². The molecular weight excluding hydrogens is 402 g/mol. The molecule has 2 aromatic carbocycles. The average Bonchev–Trinajstić information content (AvgIpc) is 3.22. The number of aliphatic hydroxyl groups excluding tert-OH is 2. The Morgan fingerprint density at radius 2 is 1.88 bits per heavy atom. The van der Waals surface area contributed by atoms with Gasteiger partial charge in [0.2, 0.25) is 0 Å². The Bertz CT molecular complexity index is 1130. The van der Waals surface area contributed by atoms with Crippen molar-refractivity contribution in [3.63, 3.8) is 0 Å². The second-order valence-electron chi connectivity index (χ2n) is 8.28. The molecule has 4 N–H and O–H groups in total. The average molecular weight is 434 g/mol. The molecule has 0 fully saturated rings. The zero-order valence-electron chi connectivity index (χ0n) is 19.0. The lowest BCUT2D eigenvalue weighted by atomic mass is 9.98. The number of hydrogen-bond acceptors (Lipinski definition) is 4. The molecule has 1 heterocycles.